The highest BCUT2D eigenvalue weighted by Crippen LogP contribution is 2.41. The fraction of sp³-hybridized carbons (Fsp3) is 1.00. The summed E-state index contributed by atoms with van der Waals surface area (Å²) < 4.78 is 0. The van der Waals surface area contributed by atoms with Crippen LogP contribution < -0.4 is 5.73 Å². The highest BCUT2D eigenvalue weighted by Gasteiger charge is 2.39. The zero-order chi connectivity index (χ0) is 13.1. The van der Waals surface area contributed by atoms with E-state index in [0.29, 0.717) is 5.41 Å². The molecule has 0 aliphatic heterocycles. The van der Waals surface area contributed by atoms with E-state index in [1.807, 2.05) is 0 Å². The van der Waals surface area contributed by atoms with E-state index in [9.17, 15) is 0 Å². The summed E-state index contributed by atoms with van der Waals surface area (Å²) in [6.45, 7) is 14.9. The van der Waals surface area contributed by atoms with Gasteiger partial charge in [0.25, 0.3) is 0 Å². The van der Waals surface area contributed by atoms with Crippen molar-refractivity contribution in [3.8, 4) is 0 Å². The molecule has 1 aliphatic rings. The highest BCUT2D eigenvalue weighted by molar-refractivity contribution is 4.93. The van der Waals surface area contributed by atoms with E-state index >= 15 is 0 Å². The number of hydrogen-bond donors (Lipinski definition) is 1. The van der Waals surface area contributed by atoms with Gasteiger partial charge in [0.1, 0.15) is 0 Å². The largest absolute Gasteiger partial charge is 0.330 e. The molecule has 0 spiro atoms. The van der Waals surface area contributed by atoms with Crippen molar-refractivity contribution in [2.45, 2.75) is 66.3 Å². The summed E-state index contributed by atoms with van der Waals surface area (Å²) >= 11 is 0. The predicted molar refractivity (Wildman–Crippen MR) is 76.1 cm³/mol. The highest BCUT2D eigenvalue weighted by atomic mass is 15.2. The minimum Gasteiger partial charge on any atom is -0.330 e. The van der Waals surface area contributed by atoms with Gasteiger partial charge in [0.05, 0.1) is 0 Å². The molecule has 2 nitrogen and oxygen atoms in total. The molecule has 0 heterocycles. The van der Waals surface area contributed by atoms with Crippen LogP contribution in [0.25, 0.3) is 0 Å². The summed E-state index contributed by atoms with van der Waals surface area (Å²) in [5.41, 5.74) is 6.62. The molecule has 0 saturated heterocycles. The third-order valence-corrected chi connectivity index (χ3v) is 4.34. The Balaban J connectivity index is 2.72. The third kappa shape index (κ3) is 3.96. The maximum atomic E-state index is 5.89. The Labute approximate surface area is 108 Å². The summed E-state index contributed by atoms with van der Waals surface area (Å²) in [7, 11) is 0. The van der Waals surface area contributed by atoms with Crippen LogP contribution in [0.5, 0.6) is 0 Å². The monoisotopic (exact) mass is 240 g/mol. The Morgan fingerprint density at radius 1 is 1.35 bits per heavy atom. The van der Waals surface area contributed by atoms with Crippen LogP contribution in [-0.4, -0.2) is 30.6 Å². The normalized spacial score (nSPS) is 24.5. The molecule has 1 unspecified atom stereocenters. The van der Waals surface area contributed by atoms with Crippen LogP contribution in [0.15, 0.2) is 0 Å². The van der Waals surface area contributed by atoms with Gasteiger partial charge < -0.3 is 5.73 Å². The molecule has 0 aromatic carbocycles. The topological polar surface area (TPSA) is 29.3 Å². The van der Waals surface area contributed by atoms with Crippen molar-refractivity contribution in [1.82, 2.24) is 4.90 Å². The fourth-order valence-corrected chi connectivity index (χ4v) is 3.23. The lowest BCUT2D eigenvalue weighted by molar-refractivity contribution is 0.0753. The number of rotatable bonds is 6. The lowest BCUT2D eigenvalue weighted by Crippen LogP contribution is -2.48. The van der Waals surface area contributed by atoms with Crippen molar-refractivity contribution in [3.63, 3.8) is 0 Å². The molecule has 0 bridgehead atoms. The van der Waals surface area contributed by atoms with E-state index in [1.54, 1.807) is 0 Å². The lowest BCUT2D eigenvalue weighted by atomic mass is 9.84. The maximum absolute atomic E-state index is 5.89. The minimum absolute atomic E-state index is 0.244. The second-order valence-electron chi connectivity index (χ2n) is 7.24. The van der Waals surface area contributed by atoms with Crippen molar-refractivity contribution in [3.05, 3.63) is 0 Å². The molecule has 0 amide bonds. The molecule has 1 rings (SSSR count). The quantitative estimate of drug-likeness (QED) is 0.772. The van der Waals surface area contributed by atoms with Gasteiger partial charge >= 0.3 is 0 Å². The summed E-state index contributed by atoms with van der Waals surface area (Å²) in [6.07, 6.45) is 5.38. The Kier molecular flexibility index (Phi) is 5.03. The fourth-order valence-electron chi connectivity index (χ4n) is 3.23. The van der Waals surface area contributed by atoms with E-state index < -0.39 is 0 Å². The number of nitrogens with zero attached hydrogens (tertiary/aromatic N) is 1. The molecule has 2 N–H and O–H groups in total. The van der Waals surface area contributed by atoms with Crippen LogP contribution in [0.3, 0.4) is 0 Å². The van der Waals surface area contributed by atoms with E-state index in [-0.39, 0.29) is 5.41 Å². The average Bonchev–Trinajstić information content (AvgIpc) is 2.57. The standard InChI is InChI=1S/C15H32N2/c1-6-10-17(12-14(2,3)11-16)13-8-7-9-15(13,4)5/h13H,6-12,16H2,1-5H3. The van der Waals surface area contributed by atoms with Gasteiger partial charge in [-0.25, -0.2) is 0 Å². The predicted octanol–water partition coefficient (Wildman–Crippen LogP) is 3.26. The zero-order valence-corrected chi connectivity index (χ0v) is 12.6. The van der Waals surface area contributed by atoms with Crippen LogP contribution >= 0.6 is 0 Å². The second-order valence-corrected chi connectivity index (χ2v) is 7.24. The average molecular weight is 240 g/mol. The Morgan fingerprint density at radius 3 is 2.41 bits per heavy atom. The molecule has 1 saturated carbocycles. The van der Waals surface area contributed by atoms with Crippen molar-refractivity contribution in [2.75, 3.05) is 19.6 Å². The smallest absolute Gasteiger partial charge is 0.0147 e. The van der Waals surface area contributed by atoms with E-state index in [2.05, 4.69) is 39.5 Å². The zero-order valence-electron chi connectivity index (χ0n) is 12.6. The first kappa shape index (κ1) is 15.0. The van der Waals surface area contributed by atoms with Crippen molar-refractivity contribution >= 4 is 0 Å². The SMILES string of the molecule is CCCN(CC(C)(C)CN)C1CCCC1(C)C. The van der Waals surface area contributed by atoms with Gasteiger partial charge in [-0.2, -0.15) is 0 Å². The van der Waals surface area contributed by atoms with E-state index in [0.717, 1.165) is 19.1 Å². The molecule has 2 heteroatoms. The van der Waals surface area contributed by atoms with Crippen LogP contribution in [-0.2, 0) is 0 Å². The van der Waals surface area contributed by atoms with Crippen molar-refractivity contribution < 1.29 is 0 Å². The first-order chi connectivity index (χ1) is 7.82. The Hall–Kier alpha value is -0.0800. The van der Waals surface area contributed by atoms with Gasteiger partial charge in [0, 0.05) is 12.6 Å². The number of nitrogens with two attached hydrogens (primary N) is 1. The molecule has 0 radical (unpaired) electrons. The summed E-state index contributed by atoms with van der Waals surface area (Å²) in [5, 5.41) is 0. The first-order valence-corrected chi connectivity index (χ1v) is 7.26. The van der Waals surface area contributed by atoms with E-state index in [1.165, 1.54) is 32.2 Å². The molecule has 0 aromatic heterocycles. The van der Waals surface area contributed by atoms with Crippen molar-refractivity contribution in [2.24, 2.45) is 16.6 Å². The van der Waals surface area contributed by atoms with Gasteiger partial charge in [-0.15, -0.1) is 0 Å². The molecule has 1 atom stereocenters. The maximum Gasteiger partial charge on any atom is 0.0147 e. The summed E-state index contributed by atoms with van der Waals surface area (Å²) in [6, 6.07) is 0.758. The number of hydrogen-bond acceptors (Lipinski definition) is 2. The van der Waals surface area contributed by atoms with Crippen LogP contribution in [0.2, 0.25) is 0 Å². The molecular weight excluding hydrogens is 208 g/mol. The second kappa shape index (κ2) is 5.71. The first-order valence-electron chi connectivity index (χ1n) is 7.26. The third-order valence-electron chi connectivity index (χ3n) is 4.34. The van der Waals surface area contributed by atoms with Crippen molar-refractivity contribution in [1.29, 1.82) is 0 Å². The molecule has 17 heavy (non-hydrogen) atoms. The van der Waals surface area contributed by atoms with E-state index in [4.69, 9.17) is 5.73 Å². The van der Waals surface area contributed by atoms with Gasteiger partial charge in [-0.3, -0.25) is 4.90 Å². The van der Waals surface area contributed by atoms with Crippen LogP contribution in [0, 0.1) is 10.8 Å². The molecule has 1 aliphatic carbocycles. The van der Waals surface area contributed by atoms with Gasteiger partial charge in [0.2, 0.25) is 0 Å². The molecule has 1 fully saturated rings. The van der Waals surface area contributed by atoms with Crippen LogP contribution in [0.4, 0.5) is 0 Å². The summed E-state index contributed by atoms with van der Waals surface area (Å²) in [4.78, 5) is 2.71. The Morgan fingerprint density at radius 2 is 2.00 bits per heavy atom. The van der Waals surface area contributed by atoms with Crippen LogP contribution in [0.1, 0.15) is 60.3 Å². The molecule has 0 aromatic rings. The molecule has 102 valence electrons. The summed E-state index contributed by atoms with van der Waals surface area (Å²) in [5.74, 6) is 0. The minimum atomic E-state index is 0.244. The van der Waals surface area contributed by atoms with Gasteiger partial charge in [-0.1, -0.05) is 41.0 Å². The van der Waals surface area contributed by atoms with Gasteiger partial charge in [0.15, 0.2) is 0 Å². The Bertz CT molecular complexity index is 233. The molecular formula is C15H32N2. The van der Waals surface area contributed by atoms with Gasteiger partial charge in [-0.05, 0) is 43.2 Å². The lowest BCUT2D eigenvalue weighted by Gasteiger charge is -2.41.